The van der Waals surface area contributed by atoms with E-state index in [0.29, 0.717) is 40.1 Å². The Morgan fingerprint density at radius 1 is 0.974 bits per heavy atom. The standard InChI is InChI=1S/C29H30ClFN6O/c30-22-8-2-6-19-5-1-7-20(24(19)22)25-23(31)17-21-26(33-25)34-28(35-27(21)36-15-11-32-12-16-36)38-18-29-9-3-13-37(29)14-4-10-29/h1-2,5-8,17,32H,3-4,9-16,18H2. The number of halogens is 2. The van der Waals surface area contributed by atoms with Gasteiger partial charge >= 0.3 is 6.01 Å². The number of aromatic nitrogens is 3. The van der Waals surface area contributed by atoms with Crippen molar-refractivity contribution >= 4 is 39.2 Å². The van der Waals surface area contributed by atoms with Crippen LogP contribution >= 0.6 is 11.6 Å². The van der Waals surface area contributed by atoms with Crippen molar-refractivity contribution in [1.82, 2.24) is 25.2 Å². The van der Waals surface area contributed by atoms with E-state index >= 15 is 4.39 Å². The third-order valence-corrected chi connectivity index (χ3v) is 8.72. The second-order valence-corrected chi connectivity index (χ2v) is 11.0. The minimum absolute atomic E-state index is 0.0780. The maximum atomic E-state index is 15.8. The molecule has 0 saturated carbocycles. The van der Waals surface area contributed by atoms with Crippen LogP contribution in [0.2, 0.25) is 5.02 Å². The molecule has 196 valence electrons. The summed E-state index contributed by atoms with van der Waals surface area (Å²) in [6.45, 7) is 6.03. The summed E-state index contributed by atoms with van der Waals surface area (Å²) in [5, 5.41) is 6.23. The summed E-state index contributed by atoms with van der Waals surface area (Å²) in [5.74, 6) is 0.248. The topological polar surface area (TPSA) is 66.4 Å². The zero-order chi connectivity index (χ0) is 25.7. The van der Waals surface area contributed by atoms with Crippen LogP contribution in [0.5, 0.6) is 6.01 Å². The molecule has 3 fully saturated rings. The molecule has 0 atom stereocenters. The van der Waals surface area contributed by atoms with Gasteiger partial charge in [0.15, 0.2) is 5.65 Å². The Morgan fingerprint density at radius 2 is 1.74 bits per heavy atom. The van der Waals surface area contributed by atoms with Crippen LogP contribution in [0.4, 0.5) is 10.2 Å². The maximum absolute atomic E-state index is 15.8. The summed E-state index contributed by atoms with van der Waals surface area (Å²) in [7, 11) is 0. The molecule has 2 aromatic carbocycles. The molecule has 0 unspecified atom stereocenters. The molecule has 5 heterocycles. The molecule has 3 saturated heterocycles. The molecule has 0 radical (unpaired) electrons. The fraction of sp³-hybridized carbons (Fsp3) is 0.414. The number of ether oxygens (including phenoxy) is 1. The smallest absolute Gasteiger partial charge is 0.320 e. The third kappa shape index (κ3) is 4.06. The lowest BCUT2D eigenvalue weighted by molar-refractivity contribution is 0.108. The van der Waals surface area contributed by atoms with E-state index in [-0.39, 0.29) is 11.2 Å². The van der Waals surface area contributed by atoms with Crippen molar-refractivity contribution in [1.29, 1.82) is 0 Å². The number of nitrogens with one attached hydrogen (secondary N) is 1. The average molecular weight is 533 g/mol. The van der Waals surface area contributed by atoms with Crippen LogP contribution in [0.3, 0.4) is 0 Å². The van der Waals surface area contributed by atoms with Crippen LogP contribution < -0.4 is 15.0 Å². The number of fused-ring (bicyclic) bond motifs is 3. The Labute approximate surface area is 226 Å². The molecule has 0 spiro atoms. The summed E-state index contributed by atoms with van der Waals surface area (Å²) in [6.07, 6.45) is 4.68. The predicted octanol–water partition coefficient (Wildman–Crippen LogP) is 5.05. The highest BCUT2D eigenvalue weighted by Gasteiger charge is 2.45. The third-order valence-electron chi connectivity index (χ3n) is 8.41. The molecule has 0 aliphatic carbocycles. The van der Waals surface area contributed by atoms with Gasteiger partial charge in [0.1, 0.15) is 23.9 Å². The number of hydrogen-bond acceptors (Lipinski definition) is 7. The van der Waals surface area contributed by atoms with Gasteiger partial charge in [0.2, 0.25) is 0 Å². The Kier molecular flexibility index (Phi) is 6.06. The zero-order valence-corrected chi connectivity index (χ0v) is 22.0. The normalized spacial score (nSPS) is 19.4. The van der Waals surface area contributed by atoms with Crippen LogP contribution in [-0.4, -0.2) is 71.3 Å². The molecule has 3 aliphatic rings. The first-order valence-corrected chi connectivity index (χ1v) is 13.9. The molecular formula is C29H30ClFN6O. The summed E-state index contributed by atoms with van der Waals surface area (Å²) >= 11 is 6.57. The second-order valence-electron chi connectivity index (χ2n) is 10.6. The van der Waals surface area contributed by atoms with E-state index in [1.165, 1.54) is 18.9 Å². The zero-order valence-electron chi connectivity index (χ0n) is 21.2. The van der Waals surface area contributed by atoms with Crippen molar-refractivity contribution in [3.63, 3.8) is 0 Å². The van der Waals surface area contributed by atoms with Crippen molar-refractivity contribution in [3.8, 4) is 17.3 Å². The van der Waals surface area contributed by atoms with Gasteiger partial charge in [0.25, 0.3) is 0 Å². The molecule has 9 heteroatoms. The highest BCUT2D eigenvalue weighted by Crippen LogP contribution is 2.40. The predicted molar refractivity (Wildman–Crippen MR) is 149 cm³/mol. The first-order valence-electron chi connectivity index (χ1n) is 13.5. The van der Waals surface area contributed by atoms with E-state index < -0.39 is 5.82 Å². The summed E-state index contributed by atoms with van der Waals surface area (Å²) in [6, 6.07) is 13.2. The van der Waals surface area contributed by atoms with Gasteiger partial charge < -0.3 is 15.0 Å². The van der Waals surface area contributed by atoms with Crippen molar-refractivity contribution in [2.24, 2.45) is 0 Å². The molecule has 38 heavy (non-hydrogen) atoms. The average Bonchev–Trinajstić information content (AvgIpc) is 3.52. The summed E-state index contributed by atoms with van der Waals surface area (Å²) < 4.78 is 22.1. The van der Waals surface area contributed by atoms with E-state index in [4.69, 9.17) is 31.3 Å². The van der Waals surface area contributed by atoms with Gasteiger partial charge in [-0.05, 0) is 56.3 Å². The highest BCUT2D eigenvalue weighted by molar-refractivity contribution is 6.36. The highest BCUT2D eigenvalue weighted by atomic mass is 35.5. The molecule has 0 amide bonds. The molecule has 4 aromatic rings. The van der Waals surface area contributed by atoms with Crippen LogP contribution in [0.1, 0.15) is 25.7 Å². The van der Waals surface area contributed by atoms with Crippen molar-refractivity contribution in [3.05, 3.63) is 53.3 Å². The second kappa shape index (κ2) is 9.59. The van der Waals surface area contributed by atoms with Gasteiger partial charge in [-0.15, -0.1) is 0 Å². The lowest BCUT2D eigenvalue weighted by Crippen LogP contribution is -2.44. The first-order chi connectivity index (χ1) is 18.6. The SMILES string of the molecule is Fc1cc2c(N3CCNCC3)nc(OCC34CCCN3CCC4)nc2nc1-c1cccc2cccc(Cl)c12. The van der Waals surface area contributed by atoms with Crippen LogP contribution in [0.25, 0.3) is 33.1 Å². The Bertz CT molecular complexity index is 1510. The number of anilines is 1. The molecule has 1 N–H and O–H groups in total. The quantitative estimate of drug-likeness (QED) is 0.385. The Morgan fingerprint density at radius 3 is 2.53 bits per heavy atom. The van der Waals surface area contributed by atoms with Crippen molar-refractivity contribution in [2.75, 3.05) is 50.8 Å². The van der Waals surface area contributed by atoms with E-state index in [2.05, 4.69) is 15.1 Å². The van der Waals surface area contributed by atoms with Crippen molar-refractivity contribution < 1.29 is 9.13 Å². The van der Waals surface area contributed by atoms with Gasteiger partial charge in [-0.3, -0.25) is 4.90 Å². The van der Waals surface area contributed by atoms with Crippen molar-refractivity contribution in [2.45, 2.75) is 31.2 Å². The minimum atomic E-state index is -0.426. The first kappa shape index (κ1) is 24.0. The number of rotatable bonds is 5. The van der Waals surface area contributed by atoms with Crippen LogP contribution in [-0.2, 0) is 0 Å². The fourth-order valence-corrected chi connectivity index (χ4v) is 6.80. The van der Waals surface area contributed by atoms with Crippen LogP contribution in [0.15, 0.2) is 42.5 Å². The molecule has 3 aliphatic heterocycles. The molecule has 0 bridgehead atoms. The van der Waals surface area contributed by atoms with Gasteiger partial charge in [-0.2, -0.15) is 9.97 Å². The monoisotopic (exact) mass is 532 g/mol. The van der Waals surface area contributed by atoms with Gasteiger partial charge in [-0.1, -0.05) is 41.9 Å². The lowest BCUT2D eigenvalue weighted by Gasteiger charge is -2.32. The van der Waals surface area contributed by atoms with Gasteiger partial charge in [-0.25, -0.2) is 9.37 Å². The molecule has 7 rings (SSSR count). The molecule has 7 nitrogen and oxygen atoms in total. The Balaban J connectivity index is 1.34. The van der Waals surface area contributed by atoms with Gasteiger partial charge in [0, 0.05) is 42.2 Å². The number of hydrogen-bond donors (Lipinski definition) is 1. The number of pyridine rings is 1. The fourth-order valence-electron chi connectivity index (χ4n) is 6.52. The number of nitrogens with zero attached hydrogens (tertiary/aromatic N) is 5. The van der Waals surface area contributed by atoms with E-state index in [9.17, 15) is 0 Å². The molecular weight excluding hydrogens is 503 g/mol. The molecule has 2 aromatic heterocycles. The largest absolute Gasteiger partial charge is 0.461 e. The van der Waals surface area contributed by atoms with E-state index in [0.717, 1.165) is 62.9 Å². The maximum Gasteiger partial charge on any atom is 0.320 e. The van der Waals surface area contributed by atoms with Gasteiger partial charge in [0.05, 0.1) is 10.9 Å². The lowest BCUT2D eigenvalue weighted by atomic mass is 9.95. The van der Waals surface area contributed by atoms with E-state index in [1.807, 2.05) is 36.4 Å². The minimum Gasteiger partial charge on any atom is -0.461 e. The van der Waals surface area contributed by atoms with E-state index in [1.54, 1.807) is 0 Å². The van der Waals surface area contributed by atoms with Crippen LogP contribution in [0, 0.1) is 5.82 Å². The number of benzene rings is 2. The summed E-state index contributed by atoms with van der Waals surface area (Å²) in [5.41, 5.74) is 1.37. The summed E-state index contributed by atoms with van der Waals surface area (Å²) in [4.78, 5) is 19.1. The Hall–Kier alpha value is -3.07. The number of piperazine rings is 1.